The van der Waals surface area contributed by atoms with E-state index in [2.05, 4.69) is 36.3 Å². The molecule has 4 heteroatoms. The van der Waals surface area contributed by atoms with E-state index in [0.29, 0.717) is 18.4 Å². The van der Waals surface area contributed by atoms with E-state index in [9.17, 15) is 4.79 Å². The van der Waals surface area contributed by atoms with Gasteiger partial charge in [-0.3, -0.25) is 4.79 Å². The van der Waals surface area contributed by atoms with Crippen LogP contribution in [-0.2, 0) is 4.79 Å². The fraction of sp³-hybridized carbons (Fsp3) is 0.588. The summed E-state index contributed by atoms with van der Waals surface area (Å²) in [5, 5.41) is 3.76. The lowest BCUT2D eigenvalue weighted by Crippen LogP contribution is -2.49. The van der Waals surface area contributed by atoms with Crippen LogP contribution in [0.5, 0.6) is 0 Å². The highest BCUT2D eigenvalue weighted by atomic mass is 16.2. The first-order chi connectivity index (χ1) is 10.1. The molecule has 0 radical (unpaired) electrons. The number of nitrogens with one attached hydrogen (secondary N) is 1. The molecule has 0 bridgehead atoms. The Bertz CT molecular complexity index is 531. The summed E-state index contributed by atoms with van der Waals surface area (Å²) in [7, 11) is 4.05. The summed E-state index contributed by atoms with van der Waals surface area (Å²) in [6.45, 7) is 4.56. The van der Waals surface area contributed by atoms with Gasteiger partial charge in [0.15, 0.2) is 0 Å². The second-order valence-corrected chi connectivity index (χ2v) is 6.57. The number of para-hydroxylation sites is 1. The van der Waals surface area contributed by atoms with Gasteiger partial charge in [-0.15, -0.1) is 0 Å². The van der Waals surface area contributed by atoms with Crippen molar-refractivity contribution in [2.24, 2.45) is 5.92 Å². The first kappa shape index (κ1) is 14.5. The molecular weight excluding hydrogens is 262 g/mol. The molecule has 21 heavy (non-hydrogen) atoms. The van der Waals surface area contributed by atoms with E-state index in [1.54, 1.807) is 4.90 Å². The van der Waals surface area contributed by atoms with Crippen LogP contribution < -0.4 is 10.2 Å². The second kappa shape index (κ2) is 5.78. The first-order valence-electron chi connectivity index (χ1n) is 7.86. The summed E-state index contributed by atoms with van der Waals surface area (Å²) in [5.41, 5.74) is 2.30. The zero-order valence-electron chi connectivity index (χ0n) is 13.2. The Morgan fingerprint density at radius 1 is 1.24 bits per heavy atom. The summed E-state index contributed by atoms with van der Waals surface area (Å²) in [4.78, 5) is 16.4. The summed E-state index contributed by atoms with van der Waals surface area (Å²) in [5.74, 6) is 0.817. The van der Waals surface area contributed by atoms with Gasteiger partial charge < -0.3 is 15.1 Å². The summed E-state index contributed by atoms with van der Waals surface area (Å²) >= 11 is 0. The number of amides is 1. The van der Waals surface area contributed by atoms with E-state index in [1.807, 2.05) is 19.2 Å². The zero-order valence-corrected chi connectivity index (χ0v) is 13.2. The van der Waals surface area contributed by atoms with Crippen LogP contribution in [0.25, 0.3) is 0 Å². The molecule has 3 unspecified atom stereocenters. The lowest BCUT2D eigenvalue weighted by Gasteiger charge is -2.40. The summed E-state index contributed by atoms with van der Waals surface area (Å²) in [6, 6.07) is 8.91. The lowest BCUT2D eigenvalue weighted by atomic mass is 9.90. The van der Waals surface area contributed by atoms with Crippen LogP contribution in [0.2, 0.25) is 0 Å². The van der Waals surface area contributed by atoms with Gasteiger partial charge in [0, 0.05) is 37.8 Å². The van der Waals surface area contributed by atoms with E-state index >= 15 is 0 Å². The predicted molar refractivity (Wildman–Crippen MR) is 85.4 cm³/mol. The van der Waals surface area contributed by atoms with Crippen molar-refractivity contribution in [1.82, 2.24) is 10.2 Å². The van der Waals surface area contributed by atoms with Gasteiger partial charge in [-0.1, -0.05) is 25.1 Å². The molecule has 2 heterocycles. The number of piperidine rings is 1. The van der Waals surface area contributed by atoms with Crippen LogP contribution in [0, 0.1) is 5.92 Å². The quantitative estimate of drug-likeness (QED) is 0.904. The molecule has 1 fully saturated rings. The van der Waals surface area contributed by atoms with Crippen molar-refractivity contribution in [3.8, 4) is 0 Å². The van der Waals surface area contributed by atoms with Crippen LogP contribution in [0.4, 0.5) is 5.69 Å². The Hall–Kier alpha value is -1.39. The molecular formula is C17H25N3O. The van der Waals surface area contributed by atoms with Gasteiger partial charge in [0.2, 0.25) is 5.91 Å². The van der Waals surface area contributed by atoms with Gasteiger partial charge in [0.25, 0.3) is 0 Å². The Labute approximate surface area is 127 Å². The minimum Gasteiger partial charge on any atom is -0.315 e. The highest BCUT2D eigenvalue weighted by molar-refractivity contribution is 5.96. The van der Waals surface area contributed by atoms with E-state index in [0.717, 1.165) is 25.2 Å². The van der Waals surface area contributed by atoms with Crippen molar-refractivity contribution in [3.63, 3.8) is 0 Å². The van der Waals surface area contributed by atoms with E-state index in [4.69, 9.17) is 0 Å². The van der Waals surface area contributed by atoms with Crippen LogP contribution in [0.3, 0.4) is 0 Å². The molecule has 0 saturated carbocycles. The number of fused-ring (bicyclic) bond motifs is 1. The first-order valence-corrected chi connectivity index (χ1v) is 7.86. The van der Waals surface area contributed by atoms with Gasteiger partial charge >= 0.3 is 0 Å². The third kappa shape index (κ3) is 2.83. The largest absolute Gasteiger partial charge is 0.315 e. The maximum atomic E-state index is 12.2. The number of likely N-dealkylation sites (tertiary alicyclic amines) is 1. The van der Waals surface area contributed by atoms with Gasteiger partial charge in [-0.05, 0) is 37.6 Å². The van der Waals surface area contributed by atoms with E-state index in [-0.39, 0.29) is 11.9 Å². The molecule has 0 spiro atoms. The smallest absolute Gasteiger partial charge is 0.228 e. The minimum absolute atomic E-state index is 0.153. The number of benzene rings is 1. The van der Waals surface area contributed by atoms with Gasteiger partial charge in [-0.2, -0.15) is 0 Å². The average Bonchev–Trinajstić information content (AvgIpc) is 2.47. The number of carbonyl (C=O) groups excluding carboxylic acids is 1. The van der Waals surface area contributed by atoms with Crippen molar-refractivity contribution in [2.45, 2.75) is 31.8 Å². The molecule has 0 aromatic heterocycles. The molecule has 4 nitrogen and oxygen atoms in total. The molecule has 3 rings (SSSR count). The third-order valence-corrected chi connectivity index (χ3v) is 4.95. The Morgan fingerprint density at radius 2 is 2.00 bits per heavy atom. The van der Waals surface area contributed by atoms with Gasteiger partial charge in [0.1, 0.15) is 0 Å². The predicted octanol–water partition coefficient (Wildman–Crippen LogP) is 2.02. The number of hydrogen-bond donors (Lipinski definition) is 1. The van der Waals surface area contributed by atoms with E-state index < -0.39 is 0 Å². The highest BCUT2D eigenvalue weighted by Gasteiger charge is 2.32. The molecule has 1 saturated heterocycles. The van der Waals surface area contributed by atoms with Crippen molar-refractivity contribution >= 4 is 11.6 Å². The Kier molecular flexibility index (Phi) is 4.00. The van der Waals surface area contributed by atoms with Crippen LogP contribution >= 0.6 is 0 Å². The third-order valence-electron chi connectivity index (χ3n) is 4.95. The Morgan fingerprint density at radius 3 is 2.76 bits per heavy atom. The SMILES string of the molecule is CC1CN(C)CCC1NC1CC(=O)N(C)c2ccccc21. The maximum absolute atomic E-state index is 12.2. The number of hydrogen-bond acceptors (Lipinski definition) is 3. The van der Waals surface area contributed by atoms with Crippen LogP contribution in [0.1, 0.15) is 31.4 Å². The molecule has 0 aliphatic carbocycles. The minimum atomic E-state index is 0.153. The number of nitrogens with zero attached hydrogens (tertiary/aromatic N) is 2. The summed E-state index contributed by atoms with van der Waals surface area (Å²) in [6.07, 6.45) is 1.72. The zero-order chi connectivity index (χ0) is 15.0. The standard InChI is InChI=1S/C17H25N3O/c1-12-11-19(2)9-8-14(12)18-15-10-17(21)20(3)16-7-5-4-6-13(15)16/h4-7,12,14-15,18H,8-11H2,1-3H3. The van der Waals surface area contributed by atoms with Crippen molar-refractivity contribution in [2.75, 3.05) is 32.1 Å². The normalized spacial score (nSPS) is 30.3. The molecule has 1 aromatic carbocycles. The van der Waals surface area contributed by atoms with Crippen molar-refractivity contribution < 1.29 is 4.79 Å². The summed E-state index contributed by atoms with van der Waals surface area (Å²) < 4.78 is 0. The van der Waals surface area contributed by atoms with E-state index in [1.165, 1.54) is 5.56 Å². The lowest BCUT2D eigenvalue weighted by molar-refractivity contribution is -0.119. The molecule has 1 N–H and O–H groups in total. The molecule has 2 aliphatic rings. The van der Waals surface area contributed by atoms with Crippen LogP contribution in [-0.4, -0.2) is 44.0 Å². The fourth-order valence-corrected chi connectivity index (χ4v) is 3.65. The molecule has 114 valence electrons. The monoisotopic (exact) mass is 287 g/mol. The number of anilines is 1. The van der Waals surface area contributed by atoms with Crippen molar-refractivity contribution in [1.29, 1.82) is 0 Å². The van der Waals surface area contributed by atoms with Crippen molar-refractivity contribution in [3.05, 3.63) is 29.8 Å². The average molecular weight is 287 g/mol. The van der Waals surface area contributed by atoms with Gasteiger partial charge in [-0.25, -0.2) is 0 Å². The van der Waals surface area contributed by atoms with Crippen LogP contribution in [0.15, 0.2) is 24.3 Å². The molecule has 2 aliphatic heterocycles. The molecule has 1 aromatic rings. The number of rotatable bonds is 2. The second-order valence-electron chi connectivity index (χ2n) is 6.57. The highest BCUT2D eigenvalue weighted by Crippen LogP contribution is 2.34. The topological polar surface area (TPSA) is 35.6 Å². The molecule has 1 amide bonds. The fourth-order valence-electron chi connectivity index (χ4n) is 3.65. The number of carbonyl (C=O) groups is 1. The maximum Gasteiger partial charge on any atom is 0.228 e. The Balaban J connectivity index is 1.80. The molecule has 3 atom stereocenters. The van der Waals surface area contributed by atoms with Gasteiger partial charge in [0.05, 0.1) is 0 Å².